The molecule has 28 nitrogen and oxygen atoms in total. The summed E-state index contributed by atoms with van der Waals surface area (Å²) in [6, 6.07) is 26.5. The van der Waals surface area contributed by atoms with E-state index in [1.807, 2.05) is 54.7 Å². The summed E-state index contributed by atoms with van der Waals surface area (Å²) in [7, 11) is 5.38. The third kappa shape index (κ3) is 19.7. The number of benzene rings is 6. The average Bonchev–Trinajstić information content (AvgIpc) is 0.900. The molecule has 5 atom stereocenters. The Kier molecular flexibility index (Phi) is 27.0. The van der Waals surface area contributed by atoms with Gasteiger partial charge in [-0.3, -0.25) is 38.4 Å². The van der Waals surface area contributed by atoms with E-state index < -0.39 is 83.4 Å². The molecule has 2 heterocycles. The van der Waals surface area contributed by atoms with Crippen LogP contribution in [0.2, 0.25) is 0 Å². The summed E-state index contributed by atoms with van der Waals surface area (Å²) in [5.74, 6) is -6.39. The quantitative estimate of drug-likeness (QED) is 0.0192. The lowest BCUT2D eigenvalue weighted by Crippen LogP contribution is -2.44. The van der Waals surface area contributed by atoms with Crippen molar-refractivity contribution >= 4 is 97.8 Å². The van der Waals surface area contributed by atoms with E-state index in [2.05, 4.69) is 52.5 Å². The standard InChI is InChI=1S/C72H86N14O14/c1-97-60-26-22-43(79-68(91)53(76)33-41-39-77-54-17-7-5-15-47(41)54)35-49(60)64(87)83-56(19-9-12-30-73)69(92)80-44-23-27-61(98-2)50(36-44)65(88)84-57(20-10-13-31-74)70(93)81-45-24-28-62(99-3)51(37-45)66(89)85-58(21-11-14-32-75)71(94)82-46-25-29-63(100-4)52(38-46)67(90)86-59(72(95)96)34-42-40-78-55-18-8-6-16-48(42)55/h5-8,15-18,22-29,35-40,53,56-59,77-78H,9-14,19-21,30-34,73-76H2,1-4H3,(H,79,91)(H,80,92)(H,81,93)(H,82,94)(H,83,87)(H,84,88)(H,85,89)(H,86,90)(H,95,96)/t53-,56-,57-,58-,59-/m0/s1. The Bertz CT molecular complexity index is 4230. The molecule has 100 heavy (non-hydrogen) atoms. The normalized spacial score (nSPS) is 12.6. The zero-order chi connectivity index (χ0) is 71.8. The van der Waals surface area contributed by atoms with Gasteiger partial charge in [-0.25, -0.2) is 4.79 Å². The molecule has 0 saturated heterocycles. The van der Waals surface area contributed by atoms with Gasteiger partial charge in [0.2, 0.25) is 23.6 Å². The molecule has 0 aliphatic carbocycles. The first-order valence-electron chi connectivity index (χ1n) is 32.7. The summed E-state index contributed by atoms with van der Waals surface area (Å²) >= 11 is 0. The lowest BCUT2D eigenvalue weighted by molar-refractivity contribution is -0.139. The number of rotatable bonds is 37. The van der Waals surface area contributed by atoms with Crippen LogP contribution in [0.4, 0.5) is 22.7 Å². The molecular formula is C72H86N14O14. The summed E-state index contributed by atoms with van der Waals surface area (Å²) in [6.07, 6.45) is 6.83. The van der Waals surface area contributed by atoms with E-state index in [9.17, 15) is 48.3 Å². The van der Waals surface area contributed by atoms with Gasteiger partial charge in [-0.15, -0.1) is 0 Å². The van der Waals surface area contributed by atoms with Crippen molar-refractivity contribution in [3.63, 3.8) is 0 Å². The first kappa shape index (κ1) is 74.5. The number of para-hydroxylation sites is 2. The number of carbonyl (C=O) groups is 9. The van der Waals surface area contributed by atoms with Crippen LogP contribution >= 0.6 is 0 Å². The number of anilines is 4. The molecular weight excluding hydrogens is 1280 g/mol. The highest BCUT2D eigenvalue weighted by Crippen LogP contribution is 2.30. The predicted octanol–water partition coefficient (Wildman–Crippen LogP) is 6.22. The SMILES string of the molecule is COc1ccc(NC(=O)[C@H](CCCCN)NC(=O)c2cc(NC(=O)[C@H](CCCCN)NC(=O)c3cc(NC(=O)[C@H](CCCCN)NC(=O)c4cc(NC(=O)[C@@H](N)Cc5c[nH]c6ccccc56)ccc4OC)ccc3OC)ccc2OC)cc1C(=O)N[C@@H](Cc1c[nH]c2ccccc12)C(=O)O. The van der Waals surface area contributed by atoms with Crippen molar-refractivity contribution in [1.29, 1.82) is 0 Å². The van der Waals surface area contributed by atoms with Crippen LogP contribution in [0, 0.1) is 0 Å². The Balaban J connectivity index is 0.937. The van der Waals surface area contributed by atoms with Crippen molar-refractivity contribution in [2.24, 2.45) is 22.9 Å². The van der Waals surface area contributed by atoms with Gasteiger partial charge < -0.3 is 99.5 Å². The molecule has 28 heteroatoms. The molecule has 0 fully saturated rings. The monoisotopic (exact) mass is 1370 g/mol. The maximum Gasteiger partial charge on any atom is 0.326 e. The van der Waals surface area contributed by atoms with E-state index in [4.69, 9.17) is 41.9 Å². The van der Waals surface area contributed by atoms with E-state index in [0.29, 0.717) is 57.2 Å². The van der Waals surface area contributed by atoms with Crippen LogP contribution in [0.5, 0.6) is 23.0 Å². The predicted molar refractivity (Wildman–Crippen MR) is 380 cm³/mol. The van der Waals surface area contributed by atoms with Gasteiger partial charge in [0, 0.05) is 63.4 Å². The number of aromatic nitrogens is 2. The van der Waals surface area contributed by atoms with Gasteiger partial charge in [0.25, 0.3) is 23.6 Å². The molecule has 8 amide bonds. The van der Waals surface area contributed by atoms with Crippen molar-refractivity contribution in [2.75, 3.05) is 69.3 Å². The Morgan fingerprint density at radius 2 is 0.700 bits per heavy atom. The summed E-state index contributed by atoms with van der Waals surface area (Å²) in [6.45, 7) is 0.900. The van der Waals surface area contributed by atoms with Crippen LogP contribution in [0.1, 0.15) is 110 Å². The van der Waals surface area contributed by atoms with E-state index in [0.717, 1.165) is 27.4 Å². The molecule has 0 aliphatic rings. The Labute approximate surface area is 577 Å². The van der Waals surface area contributed by atoms with Crippen LogP contribution in [0.3, 0.4) is 0 Å². The van der Waals surface area contributed by atoms with E-state index in [-0.39, 0.29) is 107 Å². The number of aromatic amines is 2. The number of carbonyl (C=O) groups excluding carboxylic acids is 8. The Morgan fingerprint density at radius 1 is 0.400 bits per heavy atom. The molecule has 6 aromatic carbocycles. The number of unbranched alkanes of at least 4 members (excludes halogenated alkanes) is 3. The topological polar surface area (TPSA) is 443 Å². The number of carboxylic acid groups (broad SMARTS) is 1. The maximum absolute atomic E-state index is 14.4. The third-order valence-corrected chi connectivity index (χ3v) is 16.7. The fraction of sp³-hybridized carbons (Fsp3) is 0.319. The van der Waals surface area contributed by atoms with Crippen molar-refractivity contribution in [3.8, 4) is 23.0 Å². The van der Waals surface area contributed by atoms with Gasteiger partial charge >= 0.3 is 5.97 Å². The first-order chi connectivity index (χ1) is 48.3. The second-order valence-corrected chi connectivity index (χ2v) is 23.6. The second-order valence-electron chi connectivity index (χ2n) is 23.6. The molecule has 8 aromatic rings. The fourth-order valence-corrected chi connectivity index (χ4v) is 11.4. The van der Waals surface area contributed by atoms with Crippen LogP contribution < -0.4 is 84.4 Å². The molecule has 19 N–H and O–H groups in total. The number of H-pyrrole nitrogens is 2. The van der Waals surface area contributed by atoms with Gasteiger partial charge in [0.1, 0.15) is 47.2 Å². The van der Waals surface area contributed by atoms with Gasteiger partial charge in [-0.1, -0.05) is 36.4 Å². The average molecular weight is 1370 g/mol. The minimum atomic E-state index is -1.35. The zero-order valence-electron chi connectivity index (χ0n) is 56.1. The number of hydrogen-bond acceptors (Lipinski definition) is 17. The number of hydrogen-bond donors (Lipinski definition) is 15. The number of carboxylic acids is 1. The number of aliphatic carboxylic acids is 1. The summed E-state index contributed by atoms with van der Waals surface area (Å²) in [5.41, 5.74) is 27.5. The molecule has 0 unspecified atom stereocenters. The zero-order valence-corrected chi connectivity index (χ0v) is 56.1. The molecule has 0 bridgehead atoms. The smallest absolute Gasteiger partial charge is 0.326 e. The molecule has 8 rings (SSSR count). The molecule has 0 saturated carbocycles. The van der Waals surface area contributed by atoms with Crippen LogP contribution in [-0.2, 0) is 36.8 Å². The lowest BCUT2D eigenvalue weighted by Gasteiger charge is -2.22. The molecule has 528 valence electrons. The Morgan fingerprint density at radius 3 is 1.01 bits per heavy atom. The summed E-state index contributed by atoms with van der Waals surface area (Å²) in [4.78, 5) is 132. The van der Waals surface area contributed by atoms with Crippen molar-refractivity contribution in [3.05, 3.63) is 167 Å². The number of methoxy groups -OCH3 is 4. The lowest BCUT2D eigenvalue weighted by atomic mass is 10.0. The maximum atomic E-state index is 14.4. The minimum Gasteiger partial charge on any atom is -0.496 e. The van der Waals surface area contributed by atoms with E-state index in [1.165, 1.54) is 95.2 Å². The van der Waals surface area contributed by atoms with Crippen LogP contribution in [-0.4, -0.2) is 147 Å². The second kappa shape index (κ2) is 36.3. The highest BCUT2D eigenvalue weighted by Gasteiger charge is 2.30. The van der Waals surface area contributed by atoms with Crippen molar-refractivity contribution in [1.82, 2.24) is 31.2 Å². The summed E-state index contributed by atoms with van der Waals surface area (Å²) in [5, 5.41) is 34.0. The van der Waals surface area contributed by atoms with Gasteiger partial charge in [0.15, 0.2) is 0 Å². The van der Waals surface area contributed by atoms with Crippen molar-refractivity contribution < 1.29 is 67.2 Å². The molecule has 0 radical (unpaired) electrons. The summed E-state index contributed by atoms with van der Waals surface area (Å²) < 4.78 is 22.1. The molecule has 0 spiro atoms. The van der Waals surface area contributed by atoms with Gasteiger partial charge in [0.05, 0.1) is 56.7 Å². The molecule has 0 aliphatic heterocycles. The van der Waals surface area contributed by atoms with Crippen molar-refractivity contribution in [2.45, 2.75) is 101 Å². The van der Waals surface area contributed by atoms with E-state index >= 15 is 0 Å². The van der Waals surface area contributed by atoms with Gasteiger partial charge in [-0.2, -0.15) is 0 Å². The minimum absolute atomic E-state index is 0.0114. The number of amides is 8. The first-order valence-corrected chi connectivity index (χ1v) is 32.7. The highest BCUT2D eigenvalue weighted by atomic mass is 16.5. The largest absolute Gasteiger partial charge is 0.496 e. The van der Waals surface area contributed by atoms with Crippen LogP contribution in [0.25, 0.3) is 21.8 Å². The van der Waals surface area contributed by atoms with E-state index in [1.54, 1.807) is 12.3 Å². The number of nitrogens with one attached hydrogen (secondary N) is 10. The van der Waals surface area contributed by atoms with Gasteiger partial charge in [-0.05, 0) is 180 Å². The number of fused-ring (bicyclic) bond motifs is 2. The number of ether oxygens (including phenoxy) is 4. The highest BCUT2D eigenvalue weighted by molar-refractivity contribution is 6.08. The third-order valence-electron chi connectivity index (χ3n) is 16.7. The van der Waals surface area contributed by atoms with Crippen LogP contribution in [0.15, 0.2) is 134 Å². The number of nitrogens with two attached hydrogens (primary N) is 4. The Hall–Kier alpha value is -11.3. The fourth-order valence-electron chi connectivity index (χ4n) is 11.4. The molecule has 2 aromatic heterocycles.